The molecule has 1 N–H and O–H groups in total. The van der Waals surface area contributed by atoms with Gasteiger partial charge in [0.2, 0.25) is 11.8 Å². The summed E-state index contributed by atoms with van der Waals surface area (Å²) in [6.07, 6.45) is 2.78. The Balaban J connectivity index is 1.61. The van der Waals surface area contributed by atoms with E-state index in [-0.39, 0.29) is 36.9 Å². The first-order chi connectivity index (χ1) is 16.9. The van der Waals surface area contributed by atoms with Gasteiger partial charge in [0.15, 0.2) is 17.6 Å². The minimum absolute atomic E-state index is 0.0771. The second-order valence-electron chi connectivity index (χ2n) is 9.87. The molecule has 0 saturated heterocycles. The summed E-state index contributed by atoms with van der Waals surface area (Å²) < 4.78 is 12.0. The molecule has 2 aromatic carbocycles. The summed E-state index contributed by atoms with van der Waals surface area (Å²) in [6.45, 7) is 6.89. The summed E-state index contributed by atoms with van der Waals surface area (Å²) in [5, 5.41) is 3.28. The SMILES string of the molecule is Cc1ccc([C@H](C(=O)N[C@@H]2CCC[C@H](C)[C@@H]2C)N(C[C@H]2COc3ccccc3O2)C(=O)CCl)cc1. The number of hydrogen-bond donors (Lipinski definition) is 1. The Morgan fingerprint density at radius 1 is 1.09 bits per heavy atom. The van der Waals surface area contributed by atoms with Crippen LogP contribution in [0.1, 0.15) is 50.3 Å². The fraction of sp³-hybridized carbons (Fsp3) is 0.500. The number of para-hydroxylation sites is 2. The highest BCUT2D eigenvalue weighted by Gasteiger charge is 2.37. The van der Waals surface area contributed by atoms with Crippen LogP contribution in [-0.4, -0.2) is 47.9 Å². The van der Waals surface area contributed by atoms with Crippen molar-refractivity contribution >= 4 is 23.4 Å². The van der Waals surface area contributed by atoms with Gasteiger partial charge in [-0.3, -0.25) is 9.59 Å². The molecule has 0 aromatic heterocycles. The van der Waals surface area contributed by atoms with Gasteiger partial charge in [-0.2, -0.15) is 0 Å². The summed E-state index contributed by atoms with van der Waals surface area (Å²) in [7, 11) is 0. The molecule has 0 unspecified atom stereocenters. The van der Waals surface area contributed by atoms with Crippen molar-refractivity contribution in [2.75, 3.05) is 19.0 Å². The third-order valence-corrected chi connectivity index (χ3v) is 7.62. The molecule has 5 atom stereocenters. The molecule has 1 aliphatic carbocycles. The number of nitrogens with one attached hydrogen (secondary N) is 1. The normalized spacial score (nSPS) is 24.3. The smallest absolute Gasteiger partial charge is 0.247 e. The first kappa shape index (κ1) is 25.4. The third-order valence-electron chi connectivity index (χ3n) is 7.39. The number of hydrogen-bond acceptors (Lipinski definition) is 4. The van der Waals surface area contributed by atoms with Crippen LogP contribution in [0.15, 0.2) is 48.5 Å². The monoisotopic (exact) mass is 498 g/mol. The predicted molar refractivity (Wildman–Crippen MR) is 137 cm³/mol. The topological polar surface area (TPSA) is 67.9 Å². The molecule has 2 aromatic rings. The van der Waals surface area contributed by atoms with E-state index in [4.69, 9.17) is 21.1 Å². The molecule has 2 amide bonds. The number of carbonyl (C=O) groups is 2. The number of halogens is 1. The second kappa shape index (κ2) is 11.3. The minimum Gasteiger partial charge on any atom is -0.486 e. The largest absolute Gasteiger partial charge is 0.486 e. The Hall–Kier alpha value is -2.73. The van der Waals surface area contributed by atoms with Gasteiger partial charge in [-0.25, -0.2) is 0 Å². The van der Waals surface area contributed by atoms with Crippen LogP contribution in [0, 0.1) is 18.8 Å². The van der Waals surface area contributed by atoms with Crippen molar-refractivity contribution in [1.29, 1.82) is 0 Å². The van der Waals surface area contributed by atoms with Gasteiger partial charge in [-0.15, -0.1) is 11.6 Å². The first-order valence-electron chi connectivity index (χ1n) is 12.5. The van der Waals surface area contributed by atoms with Crippen molar-refractivity contribution in [3.8, 4) is 11.5 Å². The predicted octanol–water partition coefficient (Wildman–Crippen LogP) is 4.88. The molecule has 7 heteroatoms. The van der Waals surface area contributed by atoms with Gasteiger partial charge >= 0.3 is 0 Å². The van der Waals surface area contributed by atoms with Gasteiger partial charge < -0.3 is 19.7 Å². The molecule has 2 aliphatic rings. The first-order valence-corrected chi connectivity index (χ1v) is 13.0. The number of benzene rings is 2. The molecular weight excluding hydrogens is 464 g/mol. The van der Waals surface area contributed by atoms with Crippen LogP contribution in [0.3, 0.4) is 0 Å². The van der Waals surface area contributed by atoms with Crippen LogP contribution in [0.5, 0.6) is 11.5 Å². The molecule has 4 rings (SSSR count). The van der Waals surface area contributed by atoms with Crippen molar-refractivity contribution in [3.05, 3.63) is 59.7 Å². The summed E-state index contributed by atoms with van der Waals surface area (Å²) in [6, 6.07) is 14.5. The zero-order valence-corrected chi connectivity index (χ0v) is 21.5. The minimum atomic E-state index is -0.813. The summed E-state index contributed by atoms with van der Waals surface area (Å²) >= 11 is 6.05. The summed E-state index contributed by atoms with van der Waals surface area (Å²) in [4.78, 5) is 28.5. The fourth-order valence-corrected chi connectivity index (χ4v) is 5.22. The number of amides is 2. The van der Waals surface area contributed by atoms with Gasteiger partial charge in [-0.1, -0.05) is 68.7 Å². The van der Waals surface area contributed by atoms with E-state index in [1.54, 1.807) is 4.90 Å². The Labute approximate surface area is 212 Å². The molecule has 0 radical (unpaired) electrons. The van der Waals surface area contributed by atoms with E-state index in [2.05, 4.69) is 19.2 Å². The van der Waals surface area contributed by atoms with Crippen molar-refractivity contribution in [2.24, 2.45) is 11.8 Å². The number of fused-ring (bicyclic) bond motifs is 1. The van der Waals surface area contributed by atoms with Gasteiger partial charge in [0, 0.05) is 6.04 Å². The molecule has 1 fully saturated rings. The van der Waals surface area contributed by atoms with Crippen LogP contribution >= 0.6 is 11.6 Å². The highest BCUT2D eigenvalue weighted by Crippen LogP contribution is 2.33. The maximum Gasteiger partial charge on any atom is 0.247 e. The summed E-state index contributed by atoms with van der Waals surface area (Å²) in [5.41, 5.74) is 1.83. The molecule has 188 valence electrons. The third kappa shape index (κ3) is 5.92. The van der Waals surface area contributed by atoms with E-state index in [1.807, 2.05) is 55.5 Å². The second-order valence-corrected chi connectivity index (χ2v) is 10.1. The zero-order valence-electron chi connectivity index (χ0n) is 20.7. The average molecular weight is 499 g/mol. The highest BCUT2D eigenvalue weighted by molar-refractivity contribution is 6.27. The number of nitrogens with zero attached hydrogens (tertiary/aromatic N) is 1. The van der Waals surface area contributed by atoms with E-state index in [9.17, 15) is 9.59 Å². The Morgan fingerprint density at radius 2 is 1.80 bits per heavy atom. The van der Waals surface area contributed by atoms with E-state index < -0.39 is 12.1 Å². The molecule has 0 bridgehead atoms. The lowest BCUT2D eigenvalue weighted by Gasteiger charge is -2.38. The van der Waals surface area contributed by atoms with E-state index in [1.165, 1.54) is 6.42 Å². The van der Waals surface area contributed by atoms with E-state index in [0.29, 0.717) is 23.3 Å². The Morgan fingerprint density at radius 3 is 2.51 bits per heavy atom. The lowest BCUT2D eigenvalue weighted by atomic mass is 9.78. The van der Waals surface area contributed by atoms with Gasteiger partial charge in [0.25, 0.3) is 0 Å². The van der Waals surface area contributed by atoms with Crippen molar-refractivity contribution in [1.82, 2.24) is 10.2 Å². The number of carbonyl (C=O) groups excluding carboxylic acids is 2. The van der Waals surface area contributed by atoms with E-state index >= 15 is 0 Å². The molecular formula is C28H35ClN2O4. The van der Waals surface area contributed by atoms with Gasteiger partial charge in [-0.05, 0) is 42.9 Å². The maximum absolute atomic E-state index is 13.8. The molecule has 1 heterocycles. The lowest BCUT2D eigenvalue weighted by molar-refractivity contribution is -0.141. The van der Waals surface area contributed by atoms with Crippen LogP contribution in [0.2, 0.25) is 0 Å². The number of alkyl halides is 1. The average Bonchev–Trinajstić information content (AvgIpc) is 2.87. The van der Waals surface area contributed by atoms with Crippen LogP contribution < -0.4 is 14.8 Å². The quantitative estimate of drug-likeness (QED) is 0.552. The van der Waals surface area contributed by atoms with E-state index in [0.717, 1.165) is 24.0 Å². The number of aryl methyl sites for hydroxylation is 1. The van der Waals surface area contributed by atoms with Gasteiger partial charge in [0.05, 0.1) is 6.54 Å². The molecule has 35 heavy (non-hydrogen) atoms. The maximum atomic E-state index is 13.8. The lowest BCUT2D eigenvalue weighted by Crippen LogP contribution is -2.52. The fourth-order valence-electron chi connectivity index (χ4n) is 5.07. The number of rotatable bonds is 7. The van der Waals surface area contributed by atoms with Crippen molar-refractivity contribution < 1.29 is 19.1 Å². The zero-order chi connectivity index (χ0) is 24.9. The van der Waals surface area contributed by atoms with Crippen molar-refractivity contribution in [3.63, 3.8) is 0 Å². The number of ether oxygens (including phenoxy) is 2. The summed E-state index contributed by atoms with van der Waals surface area (Å²) in [5.74, 6) is 1.48. The molecule has 1 saturated carbocycles. The van der Waals surface area contributed by atoms with Gasteiger partial charge in [0.1, 0.15) is 18.5 Å². The highest BCUT2D eigenvalue weighted by atomic mass is 35.5. The van der Waals surface area contributed by atoms with Crippen LogP contribution in [0.4, 0.5) is 0 Å². The molecule has 0 spiro atoms. The Kier molecular flexibility index (Phi) is 8.22. The Bertz CT molecular complexity index is 1030. The molecule has 6 nitrogen and oxygen atoms in total. The van der Waals surface area contributed by atoms with Crippen LogP contribution in [0.25, 0.3) is 0 Å². The van der Waals surface area contributed by atoms with Crippen molar-refractivity contribution in [2.45, 2.75) is 58.2 Å². The molecule has 1 aliphatic heterocycles. The standard InChI is InChI=1S/C28H35ClN2O4/c1-18-11-13-21(14-12-18)27(28(33)30-23-8-6-7-19(2)20(23)3)31(26(32)15-29)16-22-17-34-24-9-4-5-10-25(24)35-22/h4-5,9-14,19-20,22-23,27H,6-8,15-17H2,1-3H3,(H,30,33)/t19-,20-,22-,23+,27+/m0/s1. The van der Waals surface area contributed by atoms with Crippen LogP contribution in [-0.2, 0) is 9.59 Å².